The van der Waals surface area contributed by atoms with Gasteiger partial charge in [-0.15, -0.1) is 0 Å². The highest BCUT2D eigenvalue weighted by molar-refractivity contribution is 5.77. The van der Waals surface area contributed by atoms with E-state index in [4.69, 9.17) is 10.5 Å². The summed E-state index contributed by atoms with van der Waals surface area (Å²) in [6.07, 6.45) is 1.12. The van der Waals surface area contributed by atoms with E-state index in [0.717, 1.165) is 6.42 Å². The summed E-state index contributed by atoms with van der Waals surface area (Å²) < 4.78 is 5.34. The quantitative estimate of drug-likeness (QED) is 0.607. The Labute approximate surface area is 80.0 Å². The van der Waals surface area contributed by atoms with Crippen molar-refractivity contribution in [1.82, 2.24) is 4.90 Å². The molecule has 0 aromatic heterocycles. The predicted octanol–water partition coefficient (Wildman–Crippen LogP) is 0.219. The largest absolute Gasteiger partial charge is 0.379 e. The van der Waals surface area contributed by atoms with Gasteiger partial charge in [0.1, 0.15) is 0 Å². The third-order valence-corrected chi connectivity index (χ3v) is 1.69. The molecule has 0 rings (SSSR count). The molecule has 0 saturated carbocycles. The highest BCUT2D eigenvalue weighted by Gasteiger charge is 2.04. The van der Waals surface area contributed by atoms with Gasteiger partial charge < -0.3 is 15.4 Å². The summed E-state index contributed by atoms with van der Waals surface area (Å²) >= 11 is 0. The molecule has 0 heterocycles. The number of ether oxygens (including phenoxy) is 1. The molecule has 0 atom stereocenters. The number of hydrogen-bond acceptors (Lipinski definition) is 3. The van der Waals surface area contributed by atoms with E-state index in [9.17, 15) is 4.79 Å². The maximum atomic E-state index is 11.0. The highest BCUT2D eigenvalue weighted by atomic mass is 16.5. The number of nitrogens with two attached hydrogens (primary N) is 1. The zero-order chi connectivity index (χ0) is 10.3. The van der Waals surface area contributed by atoms with Crippen molar-refractivity contribution >= 4 is 5.91 Å². The first-order valence-corrected chi connectivity index (χ1v) is 4.63. The molecule has 4 nitrogen and oxygen atoms in total. The van der Waals surface area contributed by atoms with E-state index in [1.165, 1.54) is 0 Å². The lowest BCUT2D eigenvalue weighted by molar-refractivity contribution is -0.128. The van der Waals surface area contributed by atoms with Crippen molar-refractivity contribution in [1.29, 1.82) is 0 Å². The minimum Gasteiger partial charge on any atom is -0.379 e. The molecule has 78 valence electrons. The summed E-state index contributed by atoms with van der Waals surface area (Å²) in [6, 6.07) is 0. The van der Waals surface area contributed by atoms with Crippen molar-refractivity contribution in [2.75, 3.05) is 26.7 Å². The van der Waals surface area contributed by atoms with E-state index in [1.807, 2.05) is 13.8 Å². The number of carbonyl (C=O) groups is 1. The van der Waals surface area contributed by atoms with Crippen LogP contribution in [0.15, 0.2) is 0 Å². The predicted molar refractivity (Wildman–Crippen MR) is 52.4 cm³/mol. The second-order valence-electron chi connectivity index (χ2n) is 3.29. The summed E-state index contributed by atoms with van der Waals surface area (Å²) in [5, 5.41) is 0. The van der Waals surface area contributed by atoms with Crippen LogP contribution in [0.25, 0.3) is 0 Å². The molecule has 1 amide bonds. The molecular weight excluding hydrogens is 168 g/mol. The minimum absolute atomic E-state index is 0.0236. The zero-order valence-electron chi connectivity index (χ0n) is 8.75. The van der Waals surface area contributed by atoms with Gasteiger partial charge in [-0.1, -0.05) is 0 Å². The van der Waals surface area contributed by atoms with Crippen molar-refractivity contribution in [3.05, 3.63) is 0 Å². The van der Waals surface area contributed by atoms with Crippen LogP contribution in [-0.4, -0.2) is 43.7 Å². The van der Waals surface area contributed by atoms with Crippen molar-refractivity contribution in [2.24, 2.45) is 5.73 Å². The van der Waals surface area contributed by atoms with Crippen molar-refractivity contribution in [3.63, 3.8) is 0 Å². The summed E-state index contributed by atoms with van der Waals surface area (Å²) in [7, 11) is 1.75. The van der Waals surface area contributed by atoms with Gasteiger partial charge in [0.05, 0.1) is 12.6 Å². The first-order chi connectivity index (χ1) is 6.07. The molecule has 0 aromatic rings. The molecule has 0 saturated heterocycles. The SMILES string of the molecule is CC(C)OCCCN(C)C(=O)CN. The second-order valence-corrected chi connectivity index (χ2v) is 3.29. The van der Waals surface area contributed by atoms with Crippen LogP contribution in [0.4, 0.5) is 0 Å². The van der Waals surface area contributed by atoms with Gasteiger partial charge in [0.15, 0.2) is 0 Å². The van der Waals surface area contributed by atoms with Crippen LogP contribution >= 0.6 is 0 Å². The second kappa shape index (κ2) is 6.86. The van der Waals surface area contributed by atoms with Gasteiger partial charge in [-0.05, 0) is 20.3 Å². The minimum atomic E-state index is -0.0236. The van der Waals surface area contributed by atoms with E-state index >= 15 is 0 Å². The number of hydrogen-bond donors (Lipinski definition) is 1. The number of amides is 1. The van der Waals surface area contributed by atoms with Gasteiger partial charge in [0, 0.05) is 20.2 Å². The number of likely N-dealkylation sites (N-methyl/N-ethyl adjacent to an activating group) is 1. The van der Waals surface area contributed by atoms with Crippen molar-refractivity contribution in [3.8, 4) is 0 Å². The molecule has 0 aliphatic rings. The summed E-state index contributed by atoms with van der Waals surface area (Å²) in [5.41, 5.74) is 5.20. The average molecular weight is 188 g/mol. The number of carbonyl (C=O) groups excluding carboxylic acids is 1. The van der Waals surface area contributed by atoms with E-state index < -0.39 is 0 Å². The molecule has 2 N–H and O–H groups in total. The van der Waals surface area contributed by atoms with Gasteiger partial charge in [-0.3, -0.25) is 4.79 Å². The van der Waals surface area contributed by atoms with Crippen LogP contribution in [0.3, 0.4) is 0 Å². The monoisotopic (exact) mass is 188 g/mol. The van der Waals surface area contributed by atoms with Gasteiger partial charge in [0.25, 0.3) is 0 Å². The third kappa shape index (κ3) is 6.54. The van der Waals surface area contributed by atoms with Crippen molar-refractivity contribution < 1.29 is 9.53 Å². The molecule has 0 unspecified atom stereocenters. The summed E-state index contributed by atoms with van der Waals surface area (Å²) in [5.74, 6) is -0.0236. The van der Waals surface area contributed by atoms with Gasteiger partial charge >= 0.3 is 0 Å². The van der Waals surface area contributed by atoms with Crippen LogP contribution in [-0.2, 0) is 9.53 Å². The molecular formula is C9H20N2O2. The number of rotatable bonds is 6. The first-order valence-electron chi connectivity index (χ1n) is 4.63. The van der Waals surface area contributed by atoms with E-state index in [2.05, 4.69) is 0 Å². The molecule has 0 radical (unpaired) electrons. The first kappa shape index (κ1) is 12.4. The third-order valence-electron chi connectivity index (χ3n) is 1.69. The maximum Gasteiger partial charge on any atom is 0.236 e. The molecule has 4 heteroatoms. The fourth-order valence-corrected chi connectivity index (χ4v) is 0.901. The molecule has 0 spiro atoms. The van der Waals surface area contributed by atoms with Crippen LogP contribution in [0.2, 0.25) is 0 Å². The summed E-state index contributed by atoms with van der Waals surface area (Å²) in [4.78, 5) is 12.6. The molecule has 13 heavy (non-hydrogen) atoms. The fourth-order valence-electron chi connectivity index (χ4n) is 0.901. The Morgan fingerprint density at radius 2 is 2.15 bits per heavy atom. The van der Waals surface area contributed by atoms with Gasteiger partial charge in [-0.25, -0.2) is 0 Å². The molecule has 0 bridgehead atoms. The molecule has 0 fully saturated rings. The fraction of sp³-hybridized carbons (Fsp3) is 0.889. The lowest BCUT2D eigenvalue weighted by Crippen LogP contribution is -2.33. The average Bonchev–Trinajstić information content (AvgIpc) is 2.10. The summed E-state index contributed by atoms with van der Waals surface area (Å²) in [6.45, 7) is 5.48. The Balaban J connectivity index is 3.37. The Hall–Kier alpha value is -0.610. The van der Waals surface area contributed by atoms with Crippen LogP contribution in [0.1, 0.15) is 20.3 Å². The zero-order valence-corrected chi connectivity index (χ0v) is 8.75. The topological polar surface area (TPSA) is 55.6 Å². The van der Waals surface area contributed by atoms with Gasteiger partial charge in [0.2, 0.25) is 5.91 Å². The number of nitrogens with zero attached hydrogens (tertiary/aromatic N) is 1. The van der Waals surface area contributed by atoms with Crippen LogP contribution in [0.5, 0.6) is 0 Å². The van der Waals surface area contributed by atoms with Crippen LogP contribution < -0.4 is 5.73 Å². The lowest BCUT2D eigenvalue weighted by atomic mass is 10.4. The van der Waals surface area contributed by atoms with E-state index in [0.29, 0.717) is 13.2 Å². The maximum absolute atomic E-state index is 11.0. The molecule has 0 aliphatic heterocycles. The Morgan fingerprint density at radius 1 is 1.54 bits per heavy atom. The van der Waals surface area contributed by atoms with Crippen LogP contribution in [0, 0.1) is 0 Å². The van der Waals surface area contributed by atoms with Gasteiger partial charge in [-0.2, -0.15) is 0 Å². The Kier molecular flexibility index (Phi) is 6.54. The standard InChI is InChI=1S/C9H20N2O2/c1-8(2)13-6-4-5-11(3)9(12)7-10/h8H,4-7,10H2,1-3H3. The van der Waals surface area contributed by atoms with Crippen molar-refractivity contribution in [2.45, 2.75) is 26.4 Å². The Bertz CT molecular complexity index is 149. The van der Waals surface area contributed by atoms with E-state index in [1.54, 1.807) is 11.9 Å². The molecule has 0 aliphatic carbocycles. The normalized spacial score (nSPS) is 10.5. The Morgan fingerprint density at radius 3 is 2.62 bits per heavy atom. The lowest BCUT2D eigenvalue weighted by Gasteiger charge is -2.16. The highest BCUT2D eigenvalue weighted by Crippen LogP contribution is 1.92. The molecule has 0 aromatic carbocycles. The van der Waals surface area contributed by atoms with E-state index in [-0.39, 0.29) is 18.6 Å². The smallest absolute Gasteiger partial charge is 0.236 e.